The number of hydrogen-bond acceptors (Lipinski definition) is 6. The number of carbonyl (C=O) groups excluding carboxylic acids is 1. The van der Waals surface area contributed by atoms with Gasteiger partial charge in [-0.3, -0.25) is 9.78 Å². The van der Waals surface area contributed by atoms with E-state index in [9.17, 15) is 4.79 Å². The van der Waals surface area contributed by atoms with Crippen LogP contribution in [-0.4, -0.2) is 56.1 Å². The first-order chi connectivity index (χ1) is 15.7. The molecule has 2 aliphatic rings. The van der Waals surface area contributed by atoms with Gasteiger partial charge in [0.25, 0.3) is 5.91 Å². The zero-order valence-electron chi connectivity index (χ0n) is 17.6. The zero-order valence-corrected chi connectivity index (χ0v) is 18.5. The van der Waals surface area contributed by atoms with Crippen LogP contribution < -0.4 is 5.32 Å². The molecule has 0 spiro atoms. The van der Waals surface area contributed by atoms with E-state index in [-0.39, 0.29) is 5.91 Å². The first-order valence-corrected chi connectivity index (χ1v) is 12.0. The van der Waals surface area contributed by atoms with Gasteiger partial charge in [0, 0.05) is 37.1 Å². The van der Waals surface area contributed by atoms with Crippen LogP contribution in [0.2, 0.25) is 0 Å². The van der Waals surface area contributed by atoms with Crippen LogP contribution in [0.4, 0.5) is 0 Å². The third-order valence-corrected chi connectivity index (χ3v) is 7.38. The first-order valence-electron chi connectivity index (χ1n) is 11.1. The molecule has 2 bridgehead atoms. The second-order valence-electron chi connectivity index (χ2n) is 8.66. The highest BCUT2D eigenvalue weighted by Crippen LogP contribution is 2.28. The number of nitrogens with one attached hydrogen (secondary N) is 1. The summed E-state index contributed by atoms with van der Waals surface area (Å²) in [5.74, 6) is 0.616. The molecule has 8 heteroatoms. The molecule has 32 heavy (non-hydrogen) atoms. The monoisotopic (exact) mass is 444 g/mol. The minimum Gasteiger partial charge on any atom is -0.337 e. The molecule has 1 N–H and O–H groups in total. The molecule has 6 rings (SSSR count). The molecule has 6 heterocycles. The van der Waals surface area contributed by atoms with Crippen molar-refractivity contribution in [2.45, 2.75) is 25.3 Å². The number of nitrogens with zero attached hydrogens (tertiary/aromatic N) is 5. The smallest absolute Gasteiger partial charge is 0.254 e. The summed E-state index contributed by atoms with van der Waals surface area (Å²) in [6, 6.07) is 10.1. The predicted octanol–water partition coefficient (Wildman–Crippen LogP) is 3.73. The summed E-state index contributed by atoms with van der Waals surface area (Å²) in [5.41, 5.74) is 3.86. The van der Waals surface area contributed by atoms with Crippen molar-refractivity contribution in [1.82, 2.24) is 29.8 Å². The summed E-state index contributed by atoms with van der Waals surface area (Å²) in [6.07, 6.45) is 8.99. The SMILES string of the molecule is O=C(c1ccnc(-c2cnn3ccc(-c4cccs4)nc23)c1)N1CC2CCC[C@@H](C1)NC2. The molecule has 0 saturated carbocycles. The second kappa shape index (κ2) is 8.11. The molecule has 2 fully saturated rings. The van der Waals surface area contributed by atoms with E-state index >= 15 is 0 Å². The molecule has 4 aromatic heterocycles. The van der Waals surface area contributed by atoms with Crippen molar-refractivity contribution in [1.29, 1.82) is 0 Å². The minimum atomic E-state index is 0.0814. The summed E-state index contributed by atoms with van der Waals surface area (Å²) in [7, 11) is 0. The maximum atomic E-state index is 13.4. The van der Waals surface area contributed by atoms with Gasteiger partial charge < -0.3 is 10.2 Å². The number of amides is 1. The lowest BCUT2D eigenvalue weighted by molar-refractivity contribution is 0.0720. The van der Waals surface area contributed by atoms with Gasteiger partial charge in [-0.05, 0) is 54.9 Å². The van der Waals surface area contributed by atoms with E-state index in [1.165, 1.54) is 12.8 Å². The Balaban J connectivity index is 1.33. The lowest BCUT2D eigenvalue weighted by Gasteiger charge is -2.28. The largest absolute Gasteiger partial charge is 0.337 e. The van der Waals surface area contributed by atoms with Crippen molar-refractivity contribution < 1.29 is 4.79 Å². The molecule has 162 valence electrons. The fourth-order valence-corrected chi connectivity index (χ4v) is 5.52. The molecule has 1 unspecified atom stereocenters. The van der Waals surface area contributed by atoms with Gasteiger partial charge in [0.05, 0.1) is 28.0 Å². The van der Waals surface area contributed by atoms with E-state index in [4.69, 9.17) is 4.98 Å². The number of fused-ring (bicyclic) bond motifs is 4. The van der Waals surface area contributed by atoms with Crippen LogP contribution in [0.15, 0.2) is 54.3 Å². The quantitative estimate of drug-likeness (QED) is 0.521. The highest BCUT2D eigenvalue weighted by Gasteiger charge is 2.30. The van der Waals surface area contributed by atoms with Gasteiger partial charge >= 0.3 is 0 Å². The Labute approximate surface area is 190 Å². The van der Waals surface area contributed by atoms with Crippen molar-refractivity contribution in [2.24, 2.45) is 5.92 Å². The molecular formula is C24H24N6OS. The Morgan fingerprint density at radius 3 is 3.03 bits per heavy atom. The molecule has 2 saturated heterocycles. The fourth-order valence-electron chi connectivity index (χ4n) is 4.82. The number of hydrogen-bond donors (Lipinski definition) is 1. The minimum absolute atomic E-state index is 0.0814. The Hall–Kier alpha value is -3.10. The second-order valence-corrected chi connectivity index (χ2v) is 9.61. The number of pyridine rings is 1. The summed E-state index contributed by atoms with van der Waals surface area (Å²) < 4.78 is 1.75. The highest BCUT2D eigenvalue weighted by atomic mass is 32.1. The maximum absolute atomic E-state index is 13.4. The van der Waals surface area contributed by atoms with Crippen LogP contribution in [-0.2, 0) is 0 Å². The Morgan fingerprint density at radius 2 is 2.12 bits per heavy atom. The zero-order chi connectivity index (χ0) is 21.5. The van der Waals surface area contributed by atoms with E-state index < -0.39 is 0 Å². The molecule has 2 atom stereocenters. The summed E-state index contributed by atoms with van der Waals surface area (Å²) in [4.78, 5) is 25.9. The number of rotatable bonds is 3. The van der Waals surface area contributed by atoms with Gasteiger partial charge in [-0.1, -0.05) is 12.5 Å². The van der Waals surface area contributed by atoms with Crippen LogP contribution in [0, 0.1) is 5.92 Å². The third kappa shape index (κ3) is 3.59. The lowest BCUT2D eigenvalue weighted by atomic mass is 9.99. The molecule has 1 amide bonds. The van der Waals surface area contributed by atoms with Crippen molar-refractivity contribution in [2.75, 3.05) is 19.6 Å². The maximum Gasteiger partial charge on any atom is 0.254 e. The normalized spacial score (nSPS) is 20.9. The van der Waals surface area contributed by atoms with Gasteiger partial charge in [-0.15, -0.1) is 11.3 Å². The van der Waals surface area contributed by atoms with E-state index in [0.717, 1.165) is 53.5 Å². The van der Waals surface area contributed by atoms with E-state index in [0.29, 0.717) is 17.5 Å². The van der Waals surface area contributed by atoms with Crippen molar-refractivity contribution in [3.63, 3.8) is 0 Å². The summed E-state index contributed by atoms with van der Waals surface area (Å²) in [6.45, 7) is 2.61. The molecule has 7 nitrogen and oxygen atoms in total. The Bertz CT molecular complexity index is 1250. The number of carbonyl (C=O) groups is 1. The third-order valence-electron chi connectivity index (χ3n) is 6.49. The highest BCUT2D eigenvalue weighted by molar-refractivity contribution is 7.13. The van der Waals surface area contributed by atoms with Crippen LogP contribution in [0.5, 0.6) is 0 Å². The average Bonchev–Trinajstić information content (AvgIpc) is 3.39. The number of likely N-dealkylation sites (tertiary alicyclic amines) is 1. The topological polar surface area (TPSA) is 75.4 Å². The van der Waals surface area contributed by atoms with Crippen LogP contribution in [0.3, 0.4) is 0 Å². The average molecular weight is 445 g/mol. The van der Waals surface area contributed by atoms with E-state index in [1.807, 2.05) is 40.7 Å². The van der Waals surface area contributed by atoms with Crippen LogP contribution in [0.25, 0.3) is 27.5 Å². The van der Waals surface area contributed by atoms with Crippen LogP contribution in [0.1, 0.15) is 29.6 Å². The molecule has 0 radical (unpaired) electrons. The predicted molar refractivity (Wildman–Crippen MR) is 125 cm³/mol. The molecule has 0 aliphatic carbocycles. The molecule has 0 aromatic carbocycles. The van der Waals surface area contributed by atoms with Crippen LogP contribution >= 0.6 is 11.3 Å². The number of thiophene rings is 1. The fraction of sp³-hybridized carbons (Fsp3) is 0.333. The van der Waals surface area contributed by atoms with Crippen molar-refractivity contribution in [3.8, 4) is 21.8 Å². The van der Waals surface area contributed by atoms with Gasteiger partial charge in [0.1, 0.15) is 0 Å². The molecular weight excluding hydrogens is 420 g/mol. The van der Waals surface area contributed by atoms with Crippen molar-refractivity contribution >= 4 is 22.9 Å². The lowest BCUT2D eigenvalue weighted by Crippen LogP contribution is -2.41. The molecule has 4 aromatic rings. The molecule has 2 aliphatic heterocycles. The first kappa shape index (κ1) is 19.6. The Morgan fingerprint density at radius 1 is 1.16 bits per heavy atom. The van der Waals surface area contributed by atoms with Crippen molar-refractivity contribution in [3.05, 3.63) is 59.9 Å². The van der Waals surface area contributed by atoms with Gasteiger partial charge in [0.2, 0.25) is 0 Å². The number of aromatic nitrogens is 4. The van der Waals surface area contributed by atoms with E-state index in [1.54, 1.807) is 28.2 Å². The van der Waals surface area contributed by atoms with Gasteiger partial charge in [-0.2, -0.15) is 5.10 Å². The van der Waals surface area contributed by atoms with E-state index in [2.05, 4.69) is 21.5 Å². The van der Waals surface area contributed by atoms with Gasteiger partial charge in [0.15, 0.2) is 5.65 Å². The Kier molecular flexibility index (Phi) is 4.96. The van der Waals surface area contributed by atoms with Gasteiger partial charge in [-0.25, -0.2) is 9.50 Å². The standard InChI is InChI=1S/C24H24N6OS/c31-24(29-14-16-3-1-4-18(15-29)26-12-16)17-6-8-25-21(11-17)19-13-27-30-9-7-20(28-23(19)30)22-5-2-10-32-22/h2,5-11,13,16,18,26H,1,3-4,12,14-15H2/t16?,18-/m0/s1. The summed E-state index contributed by atoms with van der Waals surface area (Å²) in [5, 5.41) is 10.1. The summed E-state index contributed by atoms with van der Waals surface area (Å²) >= 11 is 1.66.